The maximum Gasteiger partial charge on any atom is 0.0723 e. The summed E-state index contributed by atoms with van der Waals surface area (Å²) in [5.41, 5.74) is -0.0617. The van der Waals surface area contributed by atoms with Crippen LogP contribution >= 0.6 is 0 Å². The summed E-state index contributed by atoms with van der Waals surface area (Å²) in [7, 11) is 0. The lowest BCUT2D eigenvalue weighted by Crippen LogP contribution is -2.54. The van der Waals surface area contributed by atoms with Gasteiger partial charge in [-0.15, -0.1) is 0 Å². The van der Waals surface area contributed by atoms with Gasteiger partial charge < -0.3 is 5.11 Å². The molecule has 0 aromatic rings. The van der Waals surface area contributed by atoms with Gasteiger partial charge in [-0.3, -0.25) is 4.90 Å². The predicted octanol–water partition coefficient (Wildman–Crippen LogP) is 2.90. The molecule has 0 bridgehead atoms. The smallest absolute Gasteiger partial charge is 0.0723 e. The monoisotopic (exact) mass is 215 g/mol. The van der Waals surface area contributed by atoms with Crippen LogP contribution in [0.15, 0.2) is 0 Å². The fourth-order valence-electron chi connectivity index (χ4n) is 2.32. The Morgan fingerprint density at radius 2 is 1.60 bits per heavy atom. The Bertz CT molecular complexity index is 166. The number of hydrogen-bond acceptors (Lipinski definition) is 2. The van der Waals surface area contributed by atoms with Crippen molar-refractivity contribution in [3.8, 4) is 0 Å². The maximum absolute atomic E-state index is 10.3. The molecule has 0 amide bonds. The second-order valence-corrected chi connectivity index (χ2v) is 5.03. The molecule has 0 saturated heterocycles. The van der Waals surface area contributed by atoms with Crippen LogP contribution in [0, 0.1) is 5.92 Å². The highest BCUT2D eigenvalue weighted by molar-refractivity contribution is 4.91. The average molecular weight is 215 g/mol. The Hall–Kier alpha value is -0.0800. The summed E-state index contributed by atoms with van der Waals surface area (Å²) in [6.45, 7) is 15.0. The highest BCUT2D eigenvalue weighted by atomic mass is 16.3. The Balaban J connectivity index is 4.65. The van der Waals surface area contributed by atoms with Crippen molar-refractivity contribution >= 4 is 0 Å². The van der Waals surface area contributed by atoms with E-state index in [-0.39, 0.29) is 11.6 Å². The largest absolute Gasteiger partial charge is 0.391 e. The molecule has 0 saturated carbocycles. The number of likely N-dealkylation sites (N-methyl/N-ethyl adjacent to an activating group) is 1. The molecule has 0 aliphatic heterocycles. The van der Waals surface area contributed by atoms with Gasteiger partial charge in [0.15, 0.2) is 0 Å². The molecule has 0 aliphatic carbocycles. The van der Waals surface area contributed by atoms with E-state index in [4.69, 9.17) is 0 Å². The van der Waals surface area contributed by atoms with Gasteiger partial charge in [0, 0.05) is 5.54 Å². The van der Waals surface area contributed by atoms with Crippen molar-refractivity contribution in [2.75, 3.05) is 13.1 Å². The summed E-state index contributed by atoms with van der Waals surface area (Å²) in [5.74, 6) is 0.557. The minimum absolute atomic E-state index is 0.0617. The van der Waals surface area contributed by atoms with Crippen LogP contribution in [0.2, 0.25) is 0 Å². The first-order valence-corrected chi connectivity index (χ1v) is 6.35. The van der Waals surface area contributed by atoms with E-state index in [0.717, 1.165) is 25.9 Å². The third kappa shape index (κ3) is 3.76. The van der Waals surface area contributed by atoms with Gasteiger partial charge in [-0.2, -0.15) is 0 Å². The molecule has 0 fully saturated rings. The van der Waals surface area contributed by atoms with Crippen molar-refractivity contribution in [1.82, 2.24) is 4.90 Å². The third-order valence-electron chi connectivity index (χ3n) is 3.61. The molecule has 2 nitrogen and oxygen atoms in total. The minimum atomic E-state index is -0.220. The zero-order chi connectivity index (χ0) is 12.1. The van der Waals surface area contributed by atoms with Crippen LogP contribution in [-0.2, 0) is 0 Å². The van der Waals surface area contributed by atoms with Gasteiger partial charge in [-0.05, 0) is 38.8 Å². The van der Waals surface area contributed by atoms with Gasteiger partial charge in [0.05, 0.1) is 6.10 Å². The molecule has 0 heterocycles. The molecule has 0 aromatic carbocycles. The SMILES string of the molecule is CCN(CC)C(C)(CC)C(O)CC(C)C. The van der Waals surface area contributed by atoms with Gasteiger partial charge in [0.1, 0.15) is 0 Å². The second kappa shape index (κ2) is 6.49. The van der Waals surface area contributed by atoms with Crippen LogP contribution in [0.3, 0.4) is 0 Å². The Kier molecular flexibility index (Phi) is 6.46. The summed E-state index contributed by atoms with van der Waals surface area (Å²) in [6.07, 6.45) is 1.67. The van der Waals surface area contributed by atoms with Gasteiger partial charge in [0.2, 0.25) is 0 Å². The second-order valence-electron chi connectivity index (χ2n) is 5.03. The van der Waals surface area contributed by atoms with Crippen LogP contribution < -0.4 is 0 Å². The van der Waals surface area contributed by atoms with Crippen LogP contribution in [-0.4, -0.2) is 34.7 Å². The zero-order valence-electron chi connectivity index (χ0n) is 11.4. The first-order chi connectivity index (χ1) is 6.92. The molecule has 0 aliphatic rings. The van der Waals surface area contributed by atoms with Crippen molar-refractivity contribution in [3.63, 3.8) is 0 Å². The fraction of sp³-hybridized carbons (Fsp3) is 1.00. The van der Waals surface area contributed by atoms with E-state index < -0.39 is 0 Å². The molecule has 0 rings (SSSR count). The van der Waals surface area contributed by atoms with Crippen LogP contribution in [0.4, 0.5) is 0 Å². The van der Waals surface area contributed by atoms with Gasteiger partial charge in [0.25, 0.3) is 0 Å². The van der Waals surface area contributed by atoms with E-state index in [9.17, 15) is 5.11 Å². The van der Waals surface area contributed by atoms with E-state index in [1.165, 1.54) is 0 Å². The number of aliphatic hydroxyl groups excluding tert-OH is 1. The van der Waals surface area contributed by atoms with Gasteiger partial charge in [-0.1, -0.05) is 34.6 Å². The number of aliphatic hydroxyl groups is 1. The summed E-state index contributed by atoms with van der Waals surface area (Å²) >= 11 is 0. The molecule has 2 unspecified atom stereocenters. The van der Waals surface area contributed by atoms with Crippen LogP contribution in [0.5, 0.6) is 0 Å². The lowest BCUT2D eigenvalue weighted by Gasteiger charge is -2.44. The topological polar surface area (TPSA) is 23.5 Å². The van der Waals surface area contributed by atoms with E-state index in [2.05, 4.69) is 46.4 Å². The summed E-state index contributed by atoms with van der Waals surface area (Å²) in [5, 5.41) is 10.3. The molecule has 1 N–H and O–H groups in total. The number of rotatable bonds is 7. The summed E-state index contributed by atoms with van der Waals surface area (Å²) in [6, 6.07) is 0. The summed E-state index contributed by atoms with van der Waals surface area (Å²) < 4.78 is 0. The average Bonchev–Trinajstić information content (AvgIpc) is 2.18. The van der Waals surface area contributed by atoms with Crippen molar-refractivity contribution < 1.29 is 5.11 Å². The van der Waals surface area contributed by atoms with Crippen molar-refractivity contribution in [3.05, 3.63) is 0 Å². The van der Waals surface area contributed by atoms with E-state index in [1.807, 2.05) is 0 Å². The normalized spacial score (nSPS) is 18.2. The van der Waals surface area contributed by atoms with Crippen molar-refractivity contribution in [2.45, 2.75) is 66.0 Å². The fourth-order valence-corrected chi connectivity index (χ4v) is 2.32. The Morgan fingerprint density at radius 3 is 1.87 bits per heavy atom. The number of hydrogen-bond donors (Lipinski definition) is 1. The standard InChI is InChI=1S/C13H29NO/c1-7-13(6,14(8-2)9-3)12(15)10-11(4)5/h11-12,15H,7-10H2,1-6H3. The third-order valence-corrected chi connectivity index (χ3v) is 3.61. The first-order valence-electron chi connectivity index (χ1n) is 6.35. The predicted molar refractivity (Wildman–Crippen MR) is 67.1 cm³/mol. The van der Waals surface area contributed by atoms with Crippen LogP contribution in [0.25, 0.3) is 0 Å². The van der Waals surface area contributed by atoms with Gasteiger partial charge >= 0.3 is 0 Å². The molecule has 2 heteroatoms. The Morgan fingerprint density at radius 1 is 1.13 bits per heavy atom. The molecule has 0 radical (unpaired) electrons. The molecule has 92 valence electrons. The van der Waals surface area contributed by atoms with Crippen LogP contribution in [0.1, 0.15) is 54.4 Å². The molecule has 2 atom stereocenters. The van der Waals surface area contributed by atoms with Gasteiger partial charge in [-0.25, -0.2) is 0 Å². The highest BCUT2D eigenvalue weighted by Gasteiger charge is 2.35. The summed E-state index contributed by atoms with van der Waals surface area (Å²) in [4.78, 5) is 2.38. The van der Waals surface area contributed by atoms with Crippen molar-refractivity contribution in [1.29, 1.82) is 0 Å². The molecule has 0 aromatic heterocycles. The van der Waals surface area contributed by atoms with E-state index in [1.54, 1.807) is 0 Å². The first kappa shape index (κ1) is 14.9. The number of nitrogens with zero attached hydrogens (tertiary/aromatic N) is 1. The van der Waals surface area contributed by atoms with Crippen molar-refractivity contribution in [2.24, 2.45) is 5.92 Å². The zero-order valence-corrected chi connectivity index (χ0v) is 11.4. The Labute approximate surface area is 95.7 Å². The minimum Gasteiger partial charge on any atom is -0.391 e. The quantitative estimate of drug-likeness (QED) is 0.706. The van der Waals surface area contributed by atoms with E-state index >= 15 is 0 Å². The molecule has 0 spiro atoms. The highest BCUT2D eigenvalue weighted by Crippen LogP contribution is 2.27. The molecular weight excluding hydrogens is 186 g/mol. The maximum atomic E-state index is 10.3. The lowest BCUT2D eigenvalue weighted by molar-refractivity contribution is -0.0294. The lowest BCUT2D eigenvalue weighted by atomic mass is 9.84. The molecular formula is C13H29NO. The molecule has 15 heavy (non-hydrogen) atoms. The van der Waals surface area contributed by atoms with E-state index in [0.29, 0.717) is 5.92 Å².